The Kier molecular flexibility index (Phi) is 10.2. The Balaban J connectivity index is 1.69. The number of carboxylic acids is 1. The molecule has 3 N–H and O–H groups in total. The van der Waals surface area contributed by atoms with Crippen molar-refractivity contribution in [2.45, 2.75) is 82.8 Å². The van der Waals surface area contributed by atoms with Gasteiger partial charge in [-0.25, -0.2) is 4.39 Å². The van der Waals surface area contributed by atoms with Crippen LogP contribution in [-0.4, -0.2) is 33.5 Å². The second kappa shape index (κ2) is 12.6. The highest BCUT2D eigenvalue weighted by Crippen LogP contribution is 2.38. The maximum absolute atomic E-state index is 13.6. The van der Waals surface area contributed by atoms with E-state index in [1.54, 1.807) is 18.2 Å². The molecule has 1 aromatic carbocycles. The minimum absolute atomic E-state index is 0.227. The average molecular weight is 405 g/mol. The van der Waals surface area contributed by atoms with Gasteiger partial charge in [-0.2, -0.15) is 0 Å². The van der Waals surface area contributed by atoms with Crippen LogP contribution in [0.15, 0.2) is 24.3 Å². The van der Waals surface area contributed by atoms with Crippen molar-refractivity contribution < 1.29 is 24.5 Å². The molecule has 0 heterocycles. The van der Waals surface area contributed by atoms with E-state index < -0.39 is 12.1 Å². The van der Waals surface area contributed by atoms with Crippen molar-refractivity contribution in [3.63, 3.8) is 0 Å². The van der Waals surface area contributed by atoms with Gasteiger partial charge in [0.15, 0.2) is 0 Å². The van der Waals surface area contributed by atoms with Crippen LogP contribution in [0.2, 0.25) is 0 Å². The van der Waals surface area contributed by atoms with E-state index in [4.69, 9.17) is 5.11 Å². The lowest BCUT2D eigenvalue weighted by Gasteiger charge is -2.22. The van der Waals surface area contributed by atoms with E-state index in [2.05, 4.69) is 11.8 Å². The zero-order valence-electron chi connectivity index (χ0n) is 17.0. The zero-order chi connectivity index (χ0) is 21.1. The van der Waals surface area contributed by atoms with Gasteiger partial charge in [-0.15, -0.1) is 0 Å². The summed E-state index contributed by atoms with van der Waals surface area (Å²) < 4.78 is 13.6. The highest BCUT2D eigenvalue weighted by atomic mass is 19.1. The second-order valence-corrected chi connectivity index (χ2v) is 8.10. The Labute approximate surface area is 173 Å². The van der Waals surface area contributed by atoms with Gasteiger partial charge in [0, 0.05) is 12.8 Å². The quantitative estimate of drug-likeness (QED) is 0.379. The van der Waals surface area contributed by atoms with E-state index in [9.17, 15) is 19.4 Å². The number of aliphatic hydroxyl groups excluding tert-OH is 2. The molecule has 0 amide bonds. The Morgan fingerprint density at radius 1 is 1.14 bits per heavy atom. The van der Waals surface area contributed by atoms with E-state index in [-0.39, 0.29) is 30.7 Å². The number of hydrogen-bond donors (Lipinski definition) is 3. The van der Waals surface area contributed by atoms with E-state index >= 15 is 0 Å². The van der Waals surface area contributed by atoms with Crippen LogP contribution in [0.1, 0.15) is 69.8 Å². The third-order valence-electron chi connectivity index (χ3n) is 5.93. The molecule has 0 radical (unpaired) electrons. The normalized spacial score (nSPS) is 22.1. The molecule has 1 saturated carbocycles. The summed E-state index contributed by atoms with van der Waals surface area (Å²) in [7, 11) is 0. The number of halogens is 1. The summed E-state index contributed by atoms with van der Waals surface area (Å²) in [6, 6.07) is 6.52. The molecular weight excluding hydrogens is 371 g/mol. The molecular formula is C24H33FO4. The number of aliphatic carboxylic acids is 1. The summed E-state index contributed by atoms with van der Waals surface area (Å²) in [5.74, 6) is 5.31. The van der Waals surface area contributed by atoms with E-state index in [1.807, 2.05) is 0 Å². The average Bonchev–Trinajstić information content (AvgIpc) is 3.04. The molecule has 0 aromatic heterocycles. The Bertz CT molecular complexity index is 694. The monoisotopic (exact) mass is 404 g/mol. The van der Waals surface area contributed by atoms with Crippen LogP contribution in [-0.2, 0) is 11.2 Å². The second-order valence-electron chi connectivity index (χ2n) is 8.10. The fraction of sp³-hybridized carbons (Fsp3) is 0.625. The van der Waals surface area contributed by atoms with E-state index in [1.165, 1.54) is 6.07 Å². The van der Waals surface area contributed by atoms with Crippen molar-refractivity contribution >= 4 is 5.97 Å². The van der Waals surface area contributed by atoms with Gasteiger partial charge in [0.2, 0.25) is 0 Å². The van der Waals surface area contributed by atoms with Crippen LogP contribution in [0.5, 0.6) is 0 Å². The number of carbonyl (C=O) groups is 1. The fourth-order valence-corrected chi connectivity index (χ4v) is 4.27. The third kappa shape index (κ3) is 8.55. The molecule has 1 aliphatic rings. The number of hydrogen-bond acceptors (Lipinski definition) is 3. The largest absolute Gasteiger partial charge is 0.481 e. The van der Waals surface area contributed by atoms with Crippen LogP contribution in [0, 0.1) is 29.5 Å². The van der Waals surface area contributed by atoms with Crippen molar-refractivity contribution in [3.8, 4) is 11.8 Å². The molecule has 0 bridgehead atoms. The minimum atomic E-state index is -0.744. The predicted molar refractivity (Wildman–Crippen MR) is 111 cm³/mol. The molecule has 160 valence electrons. The van der Waals surface area contributed by atoms with Gasteiger partial charge in [0.05, 0.1) is 6.10 Å². The first-order valence-electron chi connectivity index (χ1n) is 10.8. The summed E-state index contributed by atoms with van der Waals surface area (Å²) in [5, 5.41) is 29.1. The van der Waals surface area contributed by atoms with E-state index in [0.29, 0.717) is 24.3 Å². The maximum Gasteiger partial charge on any atom is 0.303 e. The van der Waals surface area contributed by atoms with Gasteiger partial charge in [0.1, 0.15) is 11.9 Å². The van der Waals surface area contributed by atoms with Gasteiger partial charge in [0.25, 0.3) is 0 Å². The molecule has 1 unspecified atom stereocenters. The SMILES string of the molecule is O=C(O)CCCCCC[C@@H]1[C@@H](CCC(O)C#CCc2ccccc2F)CC[C@@H]1O. The molecule has 4 nitrogen and oxygen atoms in total. The lowest BCUT2D eigenvalue weighted by Crippen LogP contribution is -2.20. The lowest BCUT2D eigenvalue weighted by molar-refractivity contribution is -0.137. The summed E-state index contributed by atoms with van der Waals surface area (Å²) in [4.78, 5) is 10.5. The summed E-state index contributed by atoms with van der Waals surface area (Å²) in [6.45, 7) is 0. The number of aliphatic hydroxyl groups is 2. The van der Waals surface area contributed by atoms with Crippen LogP contribution in [0.4, 0.5) is 4.39 Å². The summed E-state index contributed by atoms with van der Waals surface area (Å²) >= 11 is 0. The van der Waals surface area contributed by atoms with Crippen LogP contribution < -0.4 is 0 Å². The Hall–Kier alpha value is -1.90. The summed E-state index contributed by atoms with van der Waals surface area (Å²) in [5.41, 5.74) is 0.537. The molecule has 1 aliphatic carbocycles. The molecule has 5 heteroatoms. The maximum atomic E-state index is 13.6. The molecule has 2 rings (SSSR count). The van der Waals surface area contributed by atoms with Crippen molar-refractivity contribution in [3.05, 3.63) is 35.6 Å². The lowest BCUT2D eigenvalue weighted by atomic mass is 9.85. The first kappa shape index (κ1) is 23.4. The first-order chi connectivity index (χ1) is 14.0. The molecule has 0 saturated heterocycles. The molecule has 1 fully saturated rings. The zero-order valence-corrected chi connectivity index (χ0v) is 17.0. The number of rotatable bonds is 11. The Morgan fingerprint density at radius 2 is 1.90 bits per heavy atom. The standard InChI is InChI=1S/C24H33FO4/c25-22-12-6-5-8-19(22)9-7-10-20(26)16-14-18-15-17-23(27)21(18)11-3-1-2-4-13-24(28)29/h5-6,8,12,18,20-21,23,26-27H,1-4,9,11,13-17H2,(H,28,29)/t18-,20?,21+,23-/m0/s1. The summed E-state index contributed by atoms with van der Waals surface area (Å²) in [6.07, 6.45) is 7.26. The molecule has 29 heavy (non-hydrogen) atoms. The fourth-order valence-electron chi connectivity index (χ4n) is 4.27. The minimum Gasteiger partial charge on any atom is -0.481 e. The van der Waals surface area contributed by atoms with Crippen LogP contribution in [0.3, 0.4) is 0 Å². The van der Waals surface area contributed by atoms with Crippen molar-refractivity contribution in [1.29, 1.82) is 0 Å². The number of benzene rings is 1. The van der Waals surface area contributed by atoms with Gasteiger partial charge in [-0.3, -0.25) is 4.79 Å². The molecule has 0 spiro atoms. The Morgan fingerprint density at radius 3 is 2.66 bits per heavy atom. The van der Waals surface area contributed by atoms with Crippen LogP contribution >= 0.6 is 0 Å². The van der Waals surface area contributed by atoms with E-state index in [0.717, 1.165) is 44.9 Å². The van der Waals surface area contributed by atoms with Crippen molar-refractivity contribution in [1.82, 2.24) is 0 Å². The number of carboxylic acid groups (broad SMARTS) is 1. The van der Waals surface area contributed by atoms with Gasteiger partial charge < -0.3 is 15.3 Å². The smallest absolute Gasteiger partial charge is 0.303 e. The third-order valence-corrected chi connectivity index (χ3v) is 5.93. The predicted octanol–water partition coefficient (Wildman–Crippen LogP) is 4.33. The van der Waals surface area contributed by atoms with Gasteiger partial charge in [-0.05, 0) is 62.0 Å². The molecule has 1 aromatic rings. The van der Waals surface area contributed by atoms with Crippen molar-refractivity contribution in [2.75, 3.05) is 0 Å². The van der Waals surface area contributed by atoms with Crippen molar-refractivity contribution in [2.24, 2.45) is 11.8 Å². The molecule has 0 aliphatic heterocycles. The van der Waals surface area contributed by atoms with Gasteiger partial charge in [-0.1, -0.05) is 49.3 Å². The number of unbranched alkanes of at least 4 members (excludes halogenated alkanes) is 3. The van der Waals surface area contributed by atoms with Crippen LogP contribution in [0.25, 0.3) is 0 Å². The highest BCUT2D eigenvalue weighted by Gasteiger charge is 2.34. The molecule has 4 atom stereocenters. The topological polar surface area (TPSA) is 77.8 Å². The first-order valence-corrected chi connectivity index (χ1v) is 10.8. The highest BCUT2D eigenvalue weighted by molar-refractivity contribution is 5.66. The van der Waals surface area contributed by atoms with Gasteiger partial charge >= 0.3 is 5.97 Å².